The van der Waals surface area contributed by atoms with Gasteiger partial charge in [-0.3, -0.25) is 9.59 Å². The molecule has 2 aromatic rings. The van der Waals surface area contributed by atoms with E-state index < -0.39 is 18.1 Å². The Bertz CT molecular complexity index is 647. The summed E-state index contributed by atoms with van der Waals surface area (Å²) >= 11 is 0. The minimum Gasteiger partial charge on any atom is -0.480 e. The van der Waals surface area contributed by atoms with Crippen LogP contribution in [-0.2, 0) is 27.2 Å². The normalized spacial score (nSPS) is 12.3. The van der Waals surface area contributed by atoms with E-state index in [9.17, 15) is 9.59 Å². The van der Waals surface area contributed by atoms with Crippen LogP contribution in [0.5, 0.6) is 0 Å². The van der Waals surface area contributed by atoms with Crippen LogP contribution in [0, 0.1) is 0 Å². The lowest BCUT2D eigenvalue weighted by atomic mass is 10.1. The number of carbonyl (C=O) groups is 2. The van der Waals surface area contributed by atoms with Gasteiger partial charge in [0.1, 0.15) is 12.1 Å². The van der Waals surface area contributed by atoms with Gasteiger partial charge in [0.25, 0.3) is 0 Å². The number of hydrogen-bond donors (Lipinski definition) is 3. The molecule has 0 spiro atoms. The lowest BCUT2D eigenvalue weighted by Gasteiger charge is -2.08. The van der Waals surface area contributed by atoms with Gasteiger partial charge in [-0.25, -0.2) is 0 Å². The fraction of sp³-hybridized carbons (Fsp3) is 0.263. The summed E-state index contributed by atoms with van der Waals surface area (Å²) in [7, 11) is 1.34. The zero-order chi connectivity index (χ0) is 18.7. The van der Waals surface area contributed by atoms with Gasteiger partial charge in [-0.05, 0) is 24.0 Å². The summed E-state index contributed by atoms with van der Waals surface area (Å²) in [5.41, 5.74) is 12.9. The number of ether oxygens (including phenoxy) is 1. The number of hydrogen-bond acceptors (Lipinski definition) is 5. The van der Waals surface area contributed by atoms with E-state index in [-0.39, 0.29) is 5.97 Å². The molecule has 0 aliphatic rings. The largest absolute Gasteiger partial charge is 0.480 e. The van der Waals surface area contributed by atoms with Gasteiger partial charge in [0.05, 0.1) is 7.11 Å². The number of benzene rings is 2. The lowest BCUT2D eigenvalue weighted by Crippen LogP contribution is -2.33. The minimum absolute atomic E-state index is 0.371. The van der Waals surface area contributed by atoms with E-state index >= 15 is 0 Å². The summed E-state index contributed by atoms with van der Waals surface area (Å²) in [5.74, 6) is -1.33. The van der Waals surface area contributed by atoms with Crippen LogP contribution >= 0.6 is 0 Å². The highest BCUT2D eigenvalue weighted by Gasteiger charge is 2.13. The van der Waals surface area contributed by atoms with Crippen molar-refractivity contribution in [3.05, 3.63) is 71.8 Å². The summed E-state index contributed by atoms with van der Waals surface area (Å²) in [6.07, 6.45) is 0.906. The van der Waals surface area contributed by atoms with Gasteiger partial charge in [0.15, 0.2) is 0 Å². The summed E-state index contributed by atoms with van der Waals surface area (Å²) < 4.78 is 4.52. The Labute approximate surface area is 147 Å². The quantitative estimate of drug-likeness (QED) is 0.682. The number of esters is 1. The number of aliphatic carboxylic acids is 1. The predicted molar refractivity (Wildman–Crippen MR) is 95.9 cm³/mol. The molecule has 0 radical (unpaired) electrons. The monoisotopic (exact) mass is 344 g/mol. The number of carbonyl (C=O) groups excluding carboxylic acids is 1. The van der Waals surface area contributed by atoms with Gasteiger partial charge in [-0.15, -0.1) is 0 Å². The summed E-state index contributed by atoms with van der Waals surface area (Å²) in [5, 5.41) is 8.52. The number of rotatable bonds is 6. The molecule has 2 aromatic carbocycles. The van der Waals surface area contributed by atoms with Gasteiger partial charge < -0.3 is 21.3 Å². The van der Waals surface area contributed by atoms with Gasteiger partial charge in [-0.1, -0.05) is 60.7 Å². The second kappa shape index (κ2) is 11.0. The molecule has 2 rings (SSSR count). The van der Waals surface area contributed by atoms with E-state index in [1.165, 1.54) is 7.11 Å². The second-order valence-corrected chi connectivity index (χ2v) is 5.45. The van der Waals surface area contributed by atoms with Crippen molar-refractivity contribution in [2.45, 2.75) is 24.9 Å². The lowest BCUT2D eigenvalue weighted by molar-refractivity contribution is -0.142. The fourth-order valence-electron chi connectivity index (χ4n) is 2.06. The molecular weight excluding hydrogens is 320 g/mol. The zero-order valence-electron chi connectivity index (χ0n) is 14.2. The predicted octanol–water partition coefficient (Wildman–Crippen LogP) is 1.37. The SMILES string of the molecule is COC(=O)C(N)Cc1ccccc1.NC(Cc1ccccc1)C(=O)O. The molecule has 6 nitrogen and oxygen atoms in total. The first-order chi connectivity index (χ1) is 11.9. The molecule has 25 heavy (non-hydrogen) atoms. The van der Waals surface area contributed by atoms with Crippen LogP contribution in [0.2, 0.25) is 0 Å². The van der Waals surface area contributed by atoms with Crippen molar-refractivity contribution in [1.29, 1.82) is 0 Å². The molecule has 0 aliphatic carbocycles. The third-order valence-corrected chi connectivity index (χ3v) is 3.42. The standard InChI is InChI=1S/C10H13NO2.C9H11NO2/c1-13-10(12)9(11)7-8-5-3-2-4-6-8;10-8(9(11)12)6-7-4-2-1-3-5-7/h2-6,9H,7,11H2,1H3;1-5,8H,6,10H2,(H,11,12). The van der Waals surface area contributed by atoms with Crippen LogP contribution in [0.25, 0.3) is 0 Å². The van der Waals surface area contributed by atoms with Gasteiger partial charge in [0, 0.05) is 0 Å². The van der Waals surface area contributed by atoms with E-state index in [2.05, 4.69) is 4.74 Å². The number of nitrogens with two attached hydrogens (primary N) is 2. The summed E-state index contributed by atoms with van der Waals surface area (Å²) in [4.78, 5) is 21.3. The van der Waals surface area contributed by atoms with Crippen LogP contribution in [0.15, 0.2) is 60.7 Å². The number of carboxylic acid groups (broad SMARTS) is 1. The van der Waals surface area contributed by atoms with Crippen LogP contribution in [0.4, 0.5) is 0 Å². The van der Waals surface area contributed by atoms with Crippen molar-refractivity contribution in [3.63, 3.8) is 0 Å². The van der Waals surface area contributed by atoms with E-state index in [0.29, 0.717) is 12.8 Å². The Morgan fingerprint density at radius 2 is 1.28 bits per heavy atom. The molecule has 0 heterocycles. The highest BCUT2D eigenvalue weighted by Crippen LogP contribution is 2.02. The molecule has 6 heteroatoms. The zero-order valence-corrected chi connectivity index (χ0v) is 14.2. The minimum atomic E-state index is -0.959. The first kappa shape index (κ1) is 20.3. The fourth-order valence-corrected chi connectivity index (χ4v) is 2.06. The molecule has 134 valence electrons. The van der Waals surface area contributed by atoms with Crippen LogP contribution in [0.1, 0.15) is 11.1 Å². The van der Waals surface area contributed by atoms with Crippen LogP contribution < -0.4 is 11.5 Å². The van der Waals surface area contributed by atoms with E-state index in [1.54, 1.807) is 0 Å². The Morgan fingerprint density at radius 1 is 0.880 bits per heavy atom. The Balaban J connectivity index is 0.000000251. The molecule has 0 amide bonds. The topological polar surface area (TPSA) is 116 Å². The van der Waals surface area contributed by atoms with Gasteiger partial charge >= 0.3 is 11.9 Å². The summed E-state index contributed by atoms with van der Waals surface area (Å²) in [6.45, 7) is 0. The maximum Gasteiger partial charge on any atom is 0.322 e. The first-order valence-electron chi connectivity index (χ1n) is 7.83. The average Bonchev–Trinajstić information content (AvgIpc) is 2.63. The maximum atomic E-state index is 11.0. The van der Waals surface area contributed by atoms with Crippen LogP contribution in [0.3, 0.4) is 0 Å². The number of methoxy groups -OCH3 is 1. The Hall–Kier alpha value is -2.70. The second-order valence-electron chi connectivity index (χ2n) is 5.45. The third kappa shape index (κ3) is 8.10. The van der Waals surface area contributed by atoms with Crippen LogP contribution in [-0.4, -0.2) is 36.2 Å². The Kier molecular flexibility index (Phi) is 8.92. The highest BCUT2D eigenvalue weighted by atomic mass is 16.5. The molecule has 0 saturated heterocycles. The molecule has 0 bridgehead atoms. The van der Waals surface area contributed by atoms with Crippen molar-refractivity contribution in [3.8, 4) is 0 Å². The maximum absolute atomic E-state index is 11.0. The molecular formula is C19H24N2O4. The highest BCUT2D eigenvalue weighted by molar-refractivity contribution is 5.75. The third-order valence-electron chi connectivity index (χ3n) is 3.42. The summed E-state index contributed by atoms with van der Waals surface area (Å²) in [6, 6.07) is 17.6. The van der Waals surface area contributed by atoms with Gasteiger partial charge in [-0.2, -0.15) is 0 Å². The van der Waals surface area contributed by atoms with E-state index in [0.717, 1.165) is 11.1 Å². The number of carboxylic acids is 1. The van der Waals surface area contributed by atoms with Crippen molar-refractivity contribution in [2.24, 2.45) is 11.5 Å². The van der Waals surface area contributed by atoms with E-state index in [4.69, 9.17) is 16.6 Å². The van der Waals surface area contributed by atoms with Crippen molar-refractivity contribution in [1.82, 2.24) is 0 Å². The molecule has 5 N–H and O–H groups in total. The molecule has 2 atom stereocenters. The van der Waals surface area contributed by atoms with Crippen molar-refractivity contribution < 1.29 is 19.4 Å². The molecule has 0 aromatic heterocycles. The average molecular weight is 344 g/mol. The molecule has 0 aliphatic heterocycles. The molecule has 0 fully saturated rings. The molecule has 0 saturated carbocycles. The van der Waals surface area contributed by atoms with Crippen molar-refractivity contribution >= 4 is 11.9 Å². The van der Waals surface area contributed by atoms with E-state index in [1.807, 2.05) is 60.7 Å². The first-order valence-corrected chi connectivity index (χ1v) is 7.83. The molecule has 2 unspecified atom stereocenters. The smallest absolute Gasteiger partial charge is 0.322 e. The van der Waals surface area contributed by atoms with Gasteiger partial charge in [0.2, 0.25) is 0 Å². The van der Waals surface area contributed by atoms with Crippen molar-refractivity contribution in [2.75, 3.05) is 7.11 Å². The Morgan fingerprint density at radius 3 is 1.64 bits per heavy atom.